The van der Waals surface area contributed by atoms with Gasteiger partial charge in [0.15, 0.2) is 0 Å². The molecule has 1 rings (SSSR count). The van der Waals surface area contributed by atoms with Gasteiger partial charge < -0.3 is 0 Å². The smallest absolute Gasteiger partial charge is 0.264 e. The molecule has 84 valence electrons. The van der Waals surface area contributed by atoms with Crippen molar-refractivity contribution < 1.29 is 12.6 Å². The average Bonchev–Trinajstić information content (AvgIpc) is 2.29. The molecule has 2 atom stereocenters. The zero-order valence-corrected chi connectivity index (χ0v) is 11.9. The molecule has 0 spiro atoms. The molecule has 14 heavy (non-hydrogen) atoms. The van der Waals surface area contributed by atoms with E-state index in [-0.39, 0.29) is 15.1 Å². The maximum Gasteiger partial charge on any atom is 0.264 e. The molecule has 0 heterocycles. The predicted molar refractivity (Wildman–Crippen MR) is 61.0 cm³/mol. The van der Waals surface area contributed by atoms with Crippen LogP contribution in [0.3, 0.4) is 0 Å². The third-order valence-electron chi connectivity index (χ3n) is 2.56. The standard InChI is InChI=1S/C9H20O3SSi/c1-8(2,3)14-7-6-9(7,4)12-13(5,10)11/h7H,6,14H2,1-5H3. The molecular formula is C9H20O3SSi. The zero-order valence-electron chi connectivity index (χ0n) is 9.62. The molecule has 0 aromatic carbocycles. The van der Waals surface area contributed by atoms with Crippen molar-refractivity contribution in [3.63, 3.8) is 0 Å². The molecule has 1 saturated carbocycles. The Labute approximate surface area is 89.2 Å². The first-order valence-corrected chi connectivity index (χ1v) is 8.26. The van der Waals surface area contributed by atoms with Gasteiger partial charge in [0.25, 0.3) is 10.1 Å². The van der Waals surface area contributed by atoms with Crippen LogP contribution in [0.1, 0.15) is 34.1 Å². The van der Waals surface area contributed by atoms with E-state index in [9.17, 15) is 8.42 Å². The molecule has 1 aliphatic rings. The SMILES string of the molecule is CC(C)(C)[SiH2]C1CC1(C)OS(C)(=O)=O. The lowest BCUT2D eigenvalue weighted by molar-refractivity contribution is 0.210. The van der Waals surface area contributed by atoms with Gasteiger partial charge >= 0.3 is 0 Å². The lowest BCUT2D eigenvalue weighted by Gasteiger charge is -2.19. The summed E-state index contributed by atoms with van der Waals surface area (Å²) in [5.41, 5.74) is 0.157. The van der Waals surface area contributed by atoms with E-state index in [1.165, 1.54) is 0 Å². The Morgan fingerprint density at radius 3 is 2.29 bits per heavy atom. The Kier molecular flexibility index (Phi) is 2.89. The minimum absolute atomic E-state index is 0.267. The second kappa shape index (κ2) is 3.32. The van der Waals surface area contributed by atoms with Crippen molar-refractivity contribution in [1.82, 2.24) is 0 Å². The van der Waals surface area contributed by atoms with Gasteiger partial charge in [-0.05, 0) is 23.9 Å². The number of rotatable bonds is 3. The molecule has 0 bridgehead atoms. The summed E-state index contributed by atoms with van der Waals surface area (Å²) in [6.07, 6.45) is 2.05. The summed E-state index contributed by atoms with van der Waals surface area (Å²) < 4.78 is 27.1. The van der Waals surface area contributed by atoms with Gasteiger partial charge in [-0.3, -0.25) is 4.18 Å². The van der Waals surface area contributed by atoms with Crippen LogP contribution in [0.5, 0.6) is 0 Å². The molecule has 0 aromatic rings. The molecule has 2 unspecified atom stereocenters. The first-order chi connectivity index (χ1) is 6.02. The van der Waals surface area contributed by atoms with Crippen molar-refractivity contribution in [3.8, 4) is 0 Å². The van der Waals surface area contributed by atoms with Crippen molar-refractivity contribution in [2.45, 2.75) is 50.3 Å². The predicted octanol–water partition coefficient (Wildman–Crippen LogP) is 1.30. The van der Waals surface area contributed by atoms with E-state index in [4.69, 9.17) is 4.18 Å². The Bertz CT molecular complexity index is 317. The molecule has 0 N–H and O–H groups in total. The van der Waals surface area contributed by atoms with Crippen LogP contribution in [-0.4, -0.2) is 29.8 Å². The third kappa shape index (κ3) is 3.71. The second-order valence-electron chi connectivity index (χ2n) is 5.77. The van der Waals surface area contributed by atoms with E-state index in [1.807, 2.05) is 6.92 Å². The van der Waals surface area contributed by atoms with Crippen LogP contribution in [0.4, 0.5) is 0 Å². The fourth-order valence-corrected chi connectivity index (χ4v) is 5.63. The minimum atomic E-state index is -3.29. The maximum atomic E-state index is 11.0. The van der Waals surface area contributed by atoms with Crippen LogP contribution in [0.2, 0.25) is 10.6 Å². The third-order valence-corrected chi connectivity index (χ3v) is 6.11. The molecule has 3 nitrogen and oxygen atoms in total. The van der Waals surface area contributed by atoms with Crippen molar-refractivity contribution >= 4 is 19.6 Å². The molecule has 0 amide bonds. The summed E-state index contributed by atoms with van der Waals surface area (Å²) in [6, 6.07) is 0. The van der Waals surface area contributed by atoms with E-state index < -0.39 is 10.1 Å². The van der Waals surface area contributed by atoms with E-state index in [2.05, 4.69) is 20.8 Å². The second-order valence-corrected chi connectivity index (χ2v) is 10.9. The van der Waals surface area contributed by atoms with Crippen molar-refractivity contribution in [2.75, 3.05) is 6.26 Å². The Hall–Kier alpha value is 0.127. The lowest BCUT2D eigenvalue weighted by Crippen LogP contribution is -2.20. The molecule has 0 aromatic heterocycles. The quantitative estimate of drug-likeness (QED) is 0.548. The topological polar surface area (TPSA) is 43.4 Å². The Morgan fingerprint density at radius 2 is 1.93 bits per heavy atom. The van der Waals surface area contributed by atoms with Crippen LogP contribution in [0.15, 0.2) is 0 Å². The van der Waals surface area contributed by atoms with E-state index >= 15 is 0 Å². The van der Waals surface area contributed by atoms with Gasteiger partial charge in [0.1, 0.15) is 0 Å². The van der Waals surface area contributed by atoms with Crippen LogP contribution in [-0.2, 0) is 14.3 Å². The van der Waals surface area contributed by atoms with Crippen LogP contribution < -0.4 is 0 Å². The van der Waals surface area contributed by atoms with Gasteiger partial charge in [-0.25, -0.2) is 0 Å². The first kappa shape index (κ1) is 12.2. The first-order valence-electron chi connectivity index (χ1n) is 4.92. The van der Waals surface area contributed by atoms with E-state index in [0.29, 0.717) is 10.6 Å². The number of hydrogen-bond acceptors (Lipinski definition) is 3. The maximum absolute atomic E-state index is 11.0. The molecule has 5 heteroatoms. The van der Waals surface area contributed by atoms with Crippen LogP contribution >= 0.6 is 0 Å². The zero-order chi connectivity index (χ0) is 11.2. The highest BCUT2D eigenvalue weighted by Gasteiger charge is 2.54. The summed E-state index contributed by atoms with van der Waals surface area (Å²) in [5, 5.41) is 0.378. The summed E-state index contributed by atoms with van der Waals surface area (Å²) in [4.78, 5) is 0. The average molecular weight is 236 g/mol. The normalized spacial score (nSPS) is 33.9. The summed E-state index contributed by atoms with van der Waals surface area (Å²) >= 11 is 0. The van der Waals surface area contributed by atoms with Crippen LogP contribution in [0.25, 0.3) is 0 Å². The van der Waals surface area contributed by atoms with Gasteiger partial charge in [-0.1, -0.05) is 20.8 Å². The minimum Gasteiger partial charge on any atom is -0.264 e. The van der Waals surface area contributed by atoms with Gasteiger partial charge in [-0.15, -0.1) is 0 Å². The summed E-state index contributed by atoms with van der Waals surface area (Å²) in [5.74, 6) is 0. The van der Waals surface area contributed by atoms with Gasteiger partial charge in [0, 0.05) is 9.52 Å². The summed E-state index contributed by atoms with van der Waals surface area (Å²) in [6.45, 7) is 8.58. The van der Waals surface area contributed by atoms with E-state index in [1.54, 1.807) is 0 Å². The van der Waals surface area contributed by atoms with Gasteiger partial charge in [0.05, 0.1) is 11.9 Å². The molecule has 0 aliphatic heterocycles. The highest BCUT2D eigenvalue weighted by atomic mass is 32.2. The van der Waals surface area contributed by atoms with Gasteiger partial charge in [-0.2, -0.15) is 8.42 Å². The molecular weight excluding hydrogens is 216 g/mol. The highest BCUT2D eigenvalue weighted by molar-refractivity contribution is 7.86. The lowest BCUT2D eigenvalue weighted by atomic mass is 10.2. The molecule has 1 aliphatic carbocycles. The fraction of sp³-hybridized carbons (Fsp3) is 1.00. The Morgan fingerprint density at radius 1 is 1.43 bits per heavy atom. The van der Waals surface area contributed by atoms with Crippen molar-refractivity contribution in [2.24, 2.45) is 0 Å². The number of hydrogen-bond donors (Lipinski definition) is 0. The molecule has 0 radical (unpaired) electrons. The molecule has 1 fully saturated rings. The Balaban J connectivity index is 2.52. The monoisotopic (exact) mass is 236 g/mol. The van der Waals surface area contributed by atoms with Crippen molar-refractivity contribution in [3.05, 3.63) is 0 Å². The fourth-order valence-electron chi connectivity index (χ4n) is 1.91. The molecule has 0 saturated heterocycles. The highest BCUT2D eigenvalue weighted by Crippen LogP contribution is 2.55. The van der Waals surface area contributed by atoms with E-state index in [0.717, 1.165) is 12.7 Å². The largest absolute Gasteiger partial charge is 0.264 e. The van der Waals surface area contributed by atoms with Gasteiger partial charge in [0.2, 0.25) is 0 Å². The van der Waals surface area contributed by atoms with Crippen molar-refractivity contribution in [1.29, 1.82) is 0 Å². The van der Waals surface area contributed by atoms with Crippen LogP contribution in [0, 0.1) is 0 Å². The summed E-state index contributed by atoms with van der Waals surface area (Å²) in [7, 11) is -3.55.